The van der Waals surface area contributed by atoms with Gasteiger partial charge >= 0.3 is 0 Å². The topological polar surface area (TPSA) is 61.8 Å². The maximum absolute atomic E-state index is 10.7. The quantitative estimate of drug-likeness (QED) is 0.894. The van der Waals surface area contributed by atoms with Crippen molar-refractivity contribution in [3.63, 3.8) is 0 Å². The van der Waals surface area contributed by atoms with Crippen molar-refractivity contribution in [3.8, 4) is 6.07 Å². The van der Waals surface area contributed by atoms with Gasteiger partial charge in [0.2, 0.25) is 0 Å². The van der Waals surface area contributed by atoms with Crippen LogP contribution < -0.4 is 0 Å². The van der Waals surface area contributed by atoms with Crippen molar-refractivity contribution >= 4 is 0 Å². The van der Waals surface area contributed by atoms with Gasteiger partial charge in [0.15, 0.2) is 0 Å². The van der Waals surface area contributed by atoms with Gasteiger partial charge in [-0.15, -0.1) is 0 Å². The van der Waals surface area contributed by atoms with E-state index in [2.05, 4.69) is 11.1 Å². The zero-order chi connectivity index (χ0) is 13.2. The Bertz CT molecular complexity index is 593. The van der Waals surface area contributed by atoms with E-state index in [0.717, 1.165) is 6.54 Å². The lowest BCUT2D eigenvalue weighted by Gasteiger charge is -2.24. The molecule has 1 N–H and O–H groups in total. The van der Waals surface area contributed by atoms with Gasteiger partial charge in [-0.3, -0.25) is 0 Å². The number of hydrogen-bond donors (Lipinski definition) is 1. The van der Waals surface area contributed by atoms with Gasteiger partial charge < -0.3 is 9.67 Å². The standard InChI is InChI=1S/C14H15N3O/c1-3-17-8-7-16-13(17)14(2,18)12-6-4-5-11(9-12)10-15/h4-9,18H,3H2,1-2H3. The van der Waals surface area contributed by atoms with E-state index in [1.165, 1.54) is 0 Å². The summed E-state index contributed by atoms with van der Waals surface area (Å²) in [7, 11) is 0. The minimum Gasteiger partial charge on any atom is -0.377 e. The van der Waals surface area contributed by atoms with Crippen LogP contribution >= 0.6 is 0 Å². The fourth-order valence-corrected chi connectivity index (χ4v) is 2.01. The molecule has 0 saturated heterocycles. The molecule has 1 heterocycles. The van der Waals surface area contributed by atoms with Crippen LogP contribution in [0.15, 0.2) is 36.7 Å². The number of aromatic nitrogens is 2. The van der Waals surface area contributed by atoms with Crippen LogP contribution in [0.2, 0.25) is 0 Å². The Kier molecular flexibility index (Phi) is 3.17. The van der Waals surface area contributed by atoms with Gasteiger partial charge in [0.1, 0.15) is 11.4 Å². The van der Waals surface area contributed by atoms with E-state index in [1.54, 1.807) is 37.4 Å². The van der Waals surface area contributed by atoms with Gasteiger partial charge in [-0.25, -0.2) is 4.98 Å². The summed E-state index contributed by atoms with van der Waals surface area (Å²) < 4.78 is 1.89. The lowest BCUT2D eigenvalue weighted by molar-refractivity contribution is 0.0882. The van der Waals surface area contributed by atoms with Crippen molar-refractivity contribution in [2.45, 2.75) is 26.0 Å². The molecule has 1 atom stereocenters. The molecule has 4 heteroatoms. The second kappa shape index (κ2) is 4.63. The molecule has 0 aliphatic heterocycles. The van der Waals surface area contributed by atoms with Crippen molar-refractivity contribution in [2.24, 2.45) is 0 Å². The third-order valence-corrected chi connectivity index (χ3v) is 3.05. The summed E-state index contributed by atoms with van der Waals surface area (Å²) in [4.78, 5) is 4.22. The maximum Gasteiger partial charge on any atom is 0.145 e. The fourth-order valence-electron chi connectivity index (χ4n) is 2.01. The second-order valence-corrected chi connectivity index (χ2v) is 4.30. The van der Waals surface area contributed by atoms with E-state index in [0.29, 0.717) is 17.0 Å². The highest BCUT2D eigenvalue weighted by Crippen LogP contribution is 2.28. The summed E-state index contributed by atoms with van der Waals surface area (Å²) >= 11 is 0. The second-order valence-electron chi connectivity index (χ2n) is 4.30. The minimum absolute atomic E-state index is 0.530. The van der Waals surface area contributed by atoms with Crippen LogP contribution in [0.25, 0.3) is 0 Å². The van der Waals surface area contributed by atoms with Gasteiger partial charge in [-0.2, -0.15) is 5.26 Å². The molecule has 18 heavy (non-hydrogen) atoms. The Morgan fingerprint density at radius 1 is 1.50 bits per heavy atom. The number of nitrogens with zero attached hydrogens (tertiary/aromatic N) is 3. The summed E-state index contributed by atoms with van der Waals surface area (Å²) in [6, 6.07) is 9.04. The van der Waals surface area contributed by atoms with E-state index in [9.17, 15) is 5.11 Å². The fraction of sp³-hybridized carbons (Fsp3) is 0.286. The number of rotatable bonds is 3. The van der Waals surface area contributed by atoms with E-state index < -0.39 is 5.60 Å². The molecule has 0 spiro atoms. The molecule has 1 unspecified atom stereocenters. The third-order valence-electron chi connectivity index (χ3n) is 3.05. The van der Waals surface area contributed by atoms with E-state index in [4.69, 9.17) is 5.26 Å². The van der Waals surface area contributed by atoms with Crippen molar-refractivity contribution in [1.82, 2.24) is 9.55 Å². The number of nitriles is 1. The average Bonchev–Trinajstić information content (AvgIpc) is 2.88. The lowest BCUT2D eigenvalue weighted by Crippen LogP contribution is -2.27. The molecule has 1 aromatic carbocycles. The summed E-state index contributed by atoms with van der Waals surface area (Å²) in [5.41, 5.74) is -0.00310. The van der Waals surface area contributed by atoms with Gasteiger partial charge in [0.05, 0.1) is 11.6 Å². The van der Waals surface area contributed by atoms with Crippen molar-refractivity contribution in [1.29, 1.82) is 5.26 Å². The van der Waals surface area contributed by atoms with Gasteiger partial charge in [-0.05, 0) is 31.5 Å². The first-order valence-corrected chi connectivity index (χ1v) is 5.84. The molecule has 0 radical (unpaired) electrons. The zero-order valence-electron chi connectivity index (χ0n) is 10.5. The molecule has 4 nitrogen and oxygen atoms in total. The van der Waals surface area contributed by atoms with Crippen LogP contribution in [0, 0.1) is 11.3 Å². The monoisotopic (exact) mass is 241 g/mol. The minimum atomic E-state index is -1.20. The molecule has 0 amide bonds. The molecular weight excluding hydrogens is 226 g/mol. The Hall–Kier alpha value is -2.12. The molecule has 0 aliphatic rings. The predicted octanol–water partition coefficient (Wildman–Crippen LogP) is 2.03. The normalized spacial score (nSPS) is 13.9. The number of hydrogen-bond acceptors (Lipinski definition) is 3. The van der Waals surface area contributed by atoms with Crippen LogP contribution in [0.1, 0.15) is 30.8 Å². The SMILES string of the molecule is CCn1ccnc1C(C)(O)c1cccc(C#N)c1. The van der Waals surface area contributed by atoms with Crippen molar-refractivity contribution < 1.29 is 5.11 Å². The van der Waals surface area contributed by atoms with Crippen LogP contribution in [0.4, 0.5) is 0 Å². The smallest absolute Gasteiger partial charge is 0.145 e. The Morgan fingerprint density at radius 3 is 2.94 bits per heavy atom. The zero-order valence-corrected chi connectivity index (χ0v) is 10.5. The lowest BCUT2D eigenvalue weighted by atomic mass is 9.93. The highest BCUT2D eigenvalue weighted by molar-refractivity contribution is 5.38. The summed E-state index contributed by atoms with van der Waals surface area (Å²) in [6.07, 6.45) is 3.50. The molecule has 0 bridgehead atoms. The van der Waals surface area contributed by atoms with Gasteiger partial charge in [0, 0.05) is 18.9 Å². The predicted molar refractivity (Wildman–Crippen MR) is 67.7 cm³/mol. The summed E-state index contributed by atoms with van der Waals surface area (Å²) in [5, 5.41) is 19.6. The third kappa shape index (κ3) is 2.01. The average molecular weight is 241 g/mol. The molecule has 2 rings (SSSR count). The van der Waals surface area contributed by atoms with Crippen molar-refractivity contribution in [2.75, 3.05) is 0 Å². The van der Waals surface area contributed by atoms with Crippen LogP contribution in [0.3, 0.4) is 0 Å². The molecule has 1 aromatic heterocycles. The molecule has 0 aliphatic carbocycles. The first kappa shape index (κ1) is 12.3. The van der Waals surface area contributed by atoms with Crippen LogP contribution in [0.5, 0.6) is 0 Å². The first-order valence-electron chi connectivity index (χ1n) is 5.84. The molecule has 92 valence electrons. The Balaban J connectivity index is 2.51. The Morgan fingerprint density at radius 2 is 2.28 bits per heavy atom. The van der Waals surface area contributed by atoms with Gasteiger partial charge in [0.25, 0.3) is 0 Å². The Labute approximate surface area is 106 Å². The van der Waals surface area contributed by atoms with Gasteiger partial charge in [-0.1, -0.05) is 12.1 Å². The largest absolute Gasteiger partial charge is 0.377 e. The highest BCUT2D eigenvalue weighted by atomic mass is 16.3. The van der Waals surface area contributed by atoms with E-state index in [1.807, 2.05) is 17.7 Å². The maximum atomic E-state index is 10.7. The van der Waals surface area contributed by atoms with E-state index >= 15 is 0 Å². The number of aryl methyl sites for hydroxylation is 1. The molecule has 0 saturated carbocycles. The number of aliphatic hydroxyl groups is 1. The van der Waals surface area contributed by atoms with Crippen LogP contribution in [-0.2, 0) is 12.1 Å². The number of imidazole rings is 1. The molecule has 2 aromatic rings. The molecule has 0 fully saturated rings. The first-order chi connectivity index (χ1) is 8.59. The summed E-state index contributed by atoms with van der Waals surface area (Å²) in [6.45, 7) is 4.42. The van der Waals surface area contributed by atoms with Crippen molar-refractivity contribution in [3.05, 3.63) is 53.6 Å². The highest BCUT2D eigenvalue weighted by Gasteiger charge is 2.30. The van der Waals surface area contributed by atoms with E-state index in [-0.39, 0.29) is 0 Å². The summed E-state index contributed by atoms with van der Waals surface area (Å²) in [5.74, 6) is 0.583. The number of benzene rings is 1. The van der Waals surface area contributed by atoms with Crippen LogP contribution in [-0.4, -0.2) is 14.7 Å². The molecular formula is C14H15N3O.